The molecule has 0 aliphatic carbocycles. The SMILES string of the molecule is CC(C)(C)C1C(CNC(=O)c2ccc(C(F)(F)F)cc2F)CN1C(=O)O. The molecule has 2 N–H and O–H groups in total. The van der Waals surface area contributed by atoms with E-state index >= 15 is 0 Å². The van der Waals surface area contributed by atoms with Crippen molar-refractivity contribution in [2.45, 2.75) is 33.0 Å². The van der Waals surface area contributed by atoms with E-state index in [1.807, 2.05) is 20.8 Å². The third-order valence-corrected chi connectivity index (χ3v) is 4.41. The molecule has 2 atom stereocenters. The zero-order valence-electron chi connectivity index (χ0n) is 14.5. The zero-order valence-corrected chi connectivity index (χ0v) is 14.5. The second-order valence-corrected chi connectivity index (χ2v) is 7.41. The Kier molecular flexibility index (Phi) is 5.21. The van der Waals surface area contributed by atoms with Crippen molar-refractivity contribution in [1.29, 1.82) is 0 Å². The highest BCUT2D eigenvalue weighted by molar-refractivity contribution is 5.94. The summed E-state index contributed by atoms with van der Waals surface area (Å²) in [7, 11) is 0. The fourth-order valence-corrected chi connectivity index (χ4v) is 3.33. The van der Waals surface area contributed by atoms with E-state index in [1.165, 1.54) is 4.90 Å². The molecule has 1 saturated heterocycles. The molecule has 0 radical (unpaired) electrons. The Bertz CT molecular complexity index is 713. The van der Waals surface area contributed by atoms with Crippen LogP contribution in [0.2, 0.25) is 0 Å². The summed E-state index contributed by atoms with van der Waals surface area (Å²) >= 11 is 0. The summed E-state index contributed by atoms with van der Waals surface area (Å²) in [5.41, 5.74) is -2.01. The summed E-state index contributed by atoms with van der Waals surface area (Å²) in [5, 5.41) is 11.6. The van der Waals surface area contributed by atoms with Gasteiger partial charge >= 0.3 is 12.3 Å². The lowest BCUT2D eigenvalue weighted by Crippen LogP contribution is -2.65. The summed E-state index contributed by atoms with van der Waals surface area (Å²) < 4.78 is 51.5. The van der Waals surface area contributed by atoms with Gasteiger partial charge in [0.1, 0.15) is 5.82 Å². The van der Waals surface area contributed by atoms with Crippen molar-refractivity contribution in [3.63, 3.8) is 0 Å². The standard InChI is InChI=1S/C17H20F4N2O3/c1-16(2,3)13-9(8-23(13)15(25)26)7-22-14(24)11-5-4-10(6-12(11)18)17(19,20)21/h4-6,9,13H,7-8H2,1-3H3,(H,22,24)(H,25,26). The number of likely N-dealkylation sites (tertiary alicyclic amines) is 1. The van der Waals surface area contributed by atoms with Crippen LogP contribution in [0.25, 0.3) is 0 Å². The molecular weight excluding hydrogens is 356 g/mol. The number of carboxylic acid groups (broad SMARTS) is 1. The van der Waals surface area contributed by atoms with E-state index < -0.39 is 35.1 Å². The smallest absolute Gasteiger partial charge is 0.416 e. The molecule has 9 heteroatoms. The van der Waals surface area contributed by atoms with Gasteiger partial charge in [-0.3, -0.25) is 4.79 Å². The molecule has 1 fully saturated rings. The minimum Gasteiger partial charge on any atom is -0.465 e. The number of hydrogen-bond acceptors (Lipinski definition) is 2. The van der Waals surface area contributed by atoms with Gasteiger partial charge in [-0.25, -0.2) is 9.18 Å². The number of amides is 2. The molecule has 0 bridgehead atoms. The van der Waals surface area contributed by atoms with E-state index in [1.54, 1.807) is 0 Å². The van der Waals surface area contributed by atoms with Crippen LogP contribution >= 0.6 is 0 Å². The Hall–Kier alpha value is -2.32. The van der Waals surface area contributed by atoms with Crippen molar-refractivity contribution in [1.82, 2.24) is 10.2 Å². The molecule has 1 heterocycles. The average Bonchev–Trinajstić information content (AvgIpc) is 2.42. The van der Waals surface area contributed by atoms with E-state index in [2.05, 4.69) is 5.32 Å². The molecule has 2 amide bonds. The Balaban J connectivity index is 2.04. The molecule has 5 nitrogen and oxygen atoms in total. The van der Waals surface area contributed by atoms with Crippen LogP contribution in [0.1, 0.15) is 36.7 Å². The maximum Gasteiger partial charge on any atom is 0.416 e. The second kappa shape index (κ2) is 6.77. The largest absolute Gasteiger partial charge is 0.465 e. The van der Waals surface area contributed by atoms with Crippen LogP contribution in [-0.2, 0) is 6.18 Å². The number of carbonyl (C=O) groups is 2. The topological polar surface area (TPSA) is 69.6 Å². The van der Waals surface area contributed by atoms with Crippen molar-refractivity contribution in [3.8, 4) is 0 Å². The molecule has 2 rings (SSSR count). The highest BCUT2D eigenvalue weighted by Gasteiger charge is 2.48. The second-order valence-electron chi connectivity index (χ2n) is 7.41. The van der Waals surface area contributed by atoms with Gasteiger partial charge in [-0.2, -0.15) is 13.2 Å². The normalized spacial score (nSPS) is 20.5. The molecule has 0 saturated carbocycles. The van der Waals surface area contributed by atoms with Gasteiger partial charge < -0.3 is 15.3 Å². The van der Waals surface area contributed by atoms with Crippen molar-refractivity contribution < 1.29 is 32.3 Å². The Morgan fingerprint density at radius 2 is 1.88 bits per heavy atom. The fourth-order valence-electron chi connectivity index (χ4n) is 3.33. The summed E-state index contributed by atoms with van der Waals surface area (Å²) in [5.74, 6) is -2.25. The van der Waals surface area contributed by atoms with Gasteiger partial charge in [-0.1, -0.05) is 20.8 Å². The van der Waals surface area contributed by atoms with Crippen LogP contribution in [0.5, 0.6) is 0 Å². The number of benzene rings is 1. The van der Waals surface area contributed by atoms with Gasteiger partial charge in [0.2, 0.25) is 0 Å². The summed E-state index contributed by atoms with van der Waals surface area (Å²) in [4.78, 5) is 24.6. The monoisotopic (exact) mass is 376 g/mol. The molecule has 144 valence electrons. The lowest BCUT2D eigenvalue weighted by Gasteiger charge is -2.52. The number of nitrogens with zero attached hydrogens (tertiary/aromatic N) is 1. The first-order valence-electron chi connectivity index (χ1n) is 7.97. The number of rotatable bonds is 3. The van der Waals surface area contributed by atoms with Crippen LogP contribution < -0.4 is 5.32 Å². The van der Waals surface area contributed by atoms with Gasteiger partial charge in [-0.15, -0.1) is 0 Å². The molecule has 1 aliphatic heterocycles. The molecule has 0 spiro atoms. The van der Waals surface area contributed by atoms with Crippen LogP contribution in [0.3, 0.4) is 0 Å². The Morgan fingerprint density at radius 3 is 2.35 bits per heavy atom. The van der Waals surface area contributed by atoms with E-state index in [-0.39, 0.29) is 36.5 Å². The van der Waals surface area contributed by atoms with E-state index in [0.29, 0.717) is 6.07 Å². The third kappa shape index (κ3) is 4.08. The lowest BCUT2D eigenvalue weighted by atomic mass is 9.72. The molecular formula is C17H20F4N2O3. The first kappa shape index (κ1) is 20.0. The maximum absolute atomic E-state index is 13.8. The third-order valence-electron chi connectivity index (χ3n) is 4.41. The van der Waals surface area contributed by atoms with Gasteiger partial charge in [0, 0.05) is 25.0 Å². The highest BCUT2D eigenvalue weighted by atomic mass is 19.4. The fraction of sp³-hybridized carbons (Fsp3) is 0.529. The summed E-state index contributed by atoms with van der Waals surface area (Å²) in [6, 6.07) is 1.39. The minimum atomic E-state index is -4.69. The molecule has 1 aromatic carbocycles. The molecule has 26 heavy (non-hydrogen) atoms. The highest BCUT2D eigenvalue weighted by Crippen LogP contribution is 2.38. The maximum atomic E-state index is 13.8. The van der Waals surface area contributed by atoms with Crippen molar-refractivity contribution in [2.75, 3.05) is 13.1 Å². The van der Waals surface area contributed by atoms with Crippen LogP contribution in [0, 0.1) is 17.2 Å². The van der Waals surface area contributed by atoms with Gasteiger partial charge in [0.05, 0.1) is 11.1 Å². The summed E-state index contributed by atoms with van der Waals surface area (Å²) in [6.07, 6.45) is -5.75. The molecule has 1 aromatic rings. The number of nitrogens with one attached hydrogen (secondary N) is 1. The van der Waals surface area contributed by atoms with Crippen LogP contribution in [0.15, 0.2) is 18.2 Å². The average molecular weight is 376 g/mol. The van der Waals surface area contributed by atoms with E-state index in [0.717, 1.165) is 6.07 Å². The Labute approximate surface area is 148 Å². The number of alkyl halides is 3. The zero-order chi connectivity index (χ0) is 19.9. The summed E-state index contributed by atoms with van der Waals surface area (Å²) in [6.45, 7) is 5.95. The van der Waals surface area contributed by atoms with Crippen LogP contribution in [0.4, 0.5) is 22.4 Å². The van der Waals surface area contributed by atoms with E-state index in [4.69, 9.17) is 5.11 Å². The van der Waals surface area contributed by atoms with Crippen LogP contribution in [-0.4, -0.2) is 41.1 Å². The Morgan fingerprint density at radius 1 is 1.27 bits per heavy atom. The lowest BCUT2D eigenvalue weighted by molar-refractivity contribution is -0.137. The van der Waals surface area contributed by atoms with Gasteiger partial charge in [-0.05, 0) is 23.6 Å². The van der Waals surface area contributed by atoms with Gasteiger partial charge in [0.25, 0.3) is 5.91 Å². The quantitative estimate of drug-likeness (QED) is 0.792. The minimum absolute atomic E-state index is 0.102. The first-order valence-corrected chi connectivity index (χ1v) is 7.97. The van der Waals surface area contributed by atoms with Gasteiger partial charge in [0.15, 0.2) is 0 Å². The van der Waals surface area contributed by atoms with E-state index in [9.17, 15) is 27.2 Å². The molecule has 2 unspecified atom stereocenters. The van der Waals surface area contributed by atoms with Crippen molar-refractivity contribution in [3.05, 3.63) is 35.1 Å². The van der Waals surface area contributed by atoms with Crippen molar-refractivity contribution in [2.24, 2.45) is 11.3 Å². The van der Waals surface area contributed by atoms with Crippen molar-refractivity contribution >= 4 is 12.0 Å². The predicted octanol–water partition coefficient (Wildman–Crippen LogP) is 3.60. The number of halogens is 4. The predicted molar refractivity (Wildman–Crippen MR) is 85.2 cm³/mol. The molecule has 1 aliphatic rings. The number of carbonyl (C=O) groups excluding carboxylic acids is 1. The molecule has 0 aromatic heterocycles. The first-order chi connectivity index (χ1) is 11.8. The number of hydrogen-bond donors (Lipinski definition) is 2.